The molecule has 3 N–H and O–H groups in total. The molecule has 0 saturated heterocycles. The van der Waals surface area contributed by atoms with Crippen LogP contribution in [0.4, 0.5) is 0 Å². The zero-order valence-corrected chi connectivity index (χ0v) is 12.4. The second kappa shape index (κ2) is 5.63. The highest BCUT2D eigenvalue weighted by Gasteiger charge is 2.15. The van der Waals surface area contributed by atoms with E-state index in [1.165, 1.54) is 5.56 Å². The molecule has 2 aromatic heterocycles. The molecule has 0 bridgehead atoms. The van der Waals surface area contributed by atoms with Gasteiger partial charge in [0.2, 0.25) is 0 Å². The van der Waals surface area contributed by atoms with Gasteiger partial charge >= 0.3 is 0 Å². The average molecular weight is 297 g/mol. The van der Waals surface area contributed by atoms with E-state index >= 15 is 0 Å². The number of aromatic nitrogens is 2. The Morgan fingerprint density at radius 2 is 2.00 bits per heavy atom. The number of aromatic amines is 1. The summed E-state index contributed by atoms with van der Waals surface area (Å²) in [6.45, 7) is 2.03. The fourth-order valence-electron chi connectivity index (χ4n) is 2.15. The van der Waals surface area contributed by atoms with Crippen LogP contribution in [0, 0.1) is 6.92 Å². The van der Waals surface area contributed by atoms with Crippen LogP contribution in [-0.2, 0) is 0 Å². The van der Waals surface area contributed by atoms with Crippen molar-refractivity contribution in [3.63, 3.8) is 0 Å². The molecule has 5 heteroatoms. The Bertz CT molecular complexity index is 791. The van der Waals surface area contributed by atoms with Gasteiger partial charge in [0.25, 0.3) is 5.56 Å². The zero-order valence-electron chi connectivity index (χ0n) is 11.5. The largest absolute Gasteiger partial charge is 0.319 e. The van der Waals surface area contributed by atoms with Gasteiger partial charge in [-0.25, -0.2) is 5.10 Å². The summed E-state index contributed by atoms with van der Waals surface area (Å²) in [5.74, 6) is 0. The summed E-state index contributed by atoms with van der Waals surface area (Å²) >= 11 is 1.54. The van der Waals surface area contributed by atoms with Gasteiger partial charge in [0.05, 0.1) is 11.7 Å². The van der Waals surface area contributed by atoms with Crippen molar-refractivity contribution in [1.82, 2.24) is 10.2 Å². The quantitative estimate of drug-likeness (QED) is 0.781. The molecular formula is C16H15N3OS. The Hall–Kier alpha value is -2.24. The third kappa shape index (κ3) is 2.79. The minimum absolute atomic E-state index is 0.244. The maximum atomic E-state index is 12.0. The second-order valence-corrected chi connectivity index (χ2v) is 5.88. The topological polar surface area (TPSA) is 71.8 Å². The summed E-state index contributed by atoms with van der Waals surface area (Å²) in [6.07, 6.45) is 0. The van der Waals surface area contributed by atoms with Crippen molar-refractivity contribution < 1.29 is 0 Å². The van der Waals surface area contributed by atoms with Crippen LogP contribution >= 0.6 is 11.3 Å². The van der Waals surface area contributed by atoms with Gasteiger partial charge < -0.3 is 5.73 Å². The maximum Gasteiger partial charge on any atom is 0.269 e. The summed E-state index contributed by atoms with van der Waals surface area (Å²) in [5, 5.41) is 8.61. The Kier molecular flexibility index (Phi) is 3.68. The van der Waals surface area contributed by atoms with Gasteiger partial charge in [-0.2, -0.15) is 5.10 Å². The van der Waals surface area contributed by atoms with Gasteiger partial charge in [0.1, 0.15) is 0 Å². The first-order valence-electron chi connectivity index (χ1n) is 6.61. The smallest absolute Gasteiger partial charge is 0.269 e. The SMILES string of the molecule is Cc1ccc(-c2cc(C(N)c3cccs3)c(=O)[nH]n2)cc1. The molecule has 3 rings (SSSR count). The fourth-order valence-corrected chi connectivity index (χ4v) is 2.89. The minimum atomic E-state index is -0.430. The first-order chi connectivity index (χ1) is 10.1. The predicted octanol–water partition coefficient (Wildman–Crippen LogP) is 2.85. The average Bonchev–Trinajstić information content (AvgIpc) is 3.02. The number of benzene rings is 1. The van der Waals surface area contributed by atoms with Crippen LogP contribution in [0.5, 0.6) is 0 Å². The molecule has 3 aromatic rings. The fraction of sp³-hybridized carbons (Fsp3) is 0.125. The lowest BCUT2D eigenvalue weighted by Crippen LogP contribution is -2.23. The van der Waals surface area contributed by atoms with Crippen molar-refractivity contribution in [2.75, 3.05) is 0 Å². The number of hydrogen-bond acceptors (Lipinski definition) is 4. The van der Waals surface area contributed by atoms with E-state index in [1.54, 1.807) is 17.4 Å². The molecule has 0 aliphatic heterocycles. The van der Waals surface area contributed by atoms with E-state index in [9.17, 15) is 4.79 Å². The van der Waals surface area contributed by atoms with Crippen LogP contribution in [-0.4, -0.2) is 10.2 Å². The van der Waals surface area contributed by atoms with Crippen LogP contribution in [0.3, 0.4) is 0 Å². The molecule has 1 unspecified atom stereocenters. The Labute approximate surface area is 126 Å². The van der Waals surface area contributed by atoms with E-state index in [0.717, 1.165) is 16.1 Å². The number of rotatable bonds is 3. The summed E-state index contributed by atoms with van der Waals surface area (Å²) in [7, 11) is 0. The third-order valence-electron chi connectivity index (χ3n) is 3.36. The van der Waals surface area contributed by atoms with Crippen LogP contribution in [0.1, 0.15) is 22.0 Å². The highest BCUT2D eigenvalue weighted by atomic mass is 32.1. The van der Waals surface area contributed by atoms with Gasteiger partial charge in [-0.1, -0.05) is 35.9 Å². The molecule has 1 atom stereocenters. The van der Waals surface area contributed by atoms with Gasteiger partial charge in [-0.05, 0) is 24.4 Å². The van der Waals surface area contributed by atoms with Crippen LogP contribution in [0.25, 0.3) is 11.3 Å². The summed E-state index contributed by atoms with van der Waals surface area (Å²) in [4.78, 5) is 13.0. The number of thiophene rings is 1. The van der Waals surface area contributed by atoms with Crippen LogP contribution in [0.15, 0.2) is 52.6 Å². The standard InChI is InChI=1S/C16H15N3OS/c1-10-4-6-11(7-5-10)13-9-12(16(20)19-18-13)15(17)14-3-2-8-21-14/h2-9,15H,17H2,1H3,(H,19,20). The maximum absolute atomic E-state index is 12.0. The van der Waals surface area contributed by atoms with E-state index in [0.29, 0.717) is 5.56 Å². The lowest BCUT2D eigenvalue weighted by Gasteiger charge is -2.10. The normalized spacial score (nSPS) is 12.3. The van der Waals surface area contributed by atoms with Crippen molar-refractivity contribution in [2.45, 2.75) is 13.0 Å². The zero-order chi connectivity index (χ0) is 14.8. The van der Waals surface area contributed by atoms with Crippen molar-refractivity contribution in [1.29, 1.82) is 0 Å². The number of nitrogens with two attached hydrogens (primary N) is 1. The Morgan fingerprint density at radius 3 is 2.67 bits per heavy atom. The number of H-pyrrole nitrogens is 1. The first kappa shape index (κ1) is 13.7. The molecule has 106 valence electrons. The van der Waals surface area contributed by atoms with E-state index in [2.05, 4.69) is 10.2 Å². The molecule has 0 aliphatic rings. The number of nitrogens with zero attached hydrogens (tertiary/aromatic N) is 1. The Morgan fingerprint density at radius 1 is 1.24 bits per heavy atom. The van der Waals surface area contributed by atoms with Gasteiger partial charge in [-0.3, -0.25) is 4.79 Å². The number of nitrogens with one attached hydrogen (secondary N) is 1. The molecule has 0 spiro atoms. The molecule has 0 radical (unpaired) electrons. The molecular weight excluding hydrogens is 282 g/mol. The van der Waals surface area contributed by atoms with Gasteiger partial charge in [0.15, 0.2) is 0 Å². The van der Waals surface area contributed by atoms with Crippen LogP contribution < -0.4 is 11.3 Å². The summed E-state index contributed by atoms with van der Waals surface area (Å²) < 4.78 is 0. The number of hydrogen-bond donors (Lipinski definition) is 2. The van der Waals surface area contributed by atoms with Crippen molar-refractivity contribution >= 4 is 11.3 Å². The second-order valence-electron chi connectivity index (χ2n) is 4.90. The highest BCUT2D eigenvalue weighted by Crippen LogP contribution is 2.24. The highest BCUT2D eigenvalue weighted by molar-refractivity contribution is 7.10. The summed E-state index contributed by atoms with van der Waals surface area (Å²) in [6, 6.07) is 13.2. The lowest BCUT2D eigenvalue weighted by atomic mass is 10.0. The van der Waals surface area contributed by atoms with Crippen LogP contribution in [0.2, 0.25) is 0 Å². The van der Waals surface area contributed by atoms with E-state index < -0.39 is 6.04 Å². The monoisotopic (exact) mass is 297 g/mol. The summed E-state index contributed by atoms with van der Waals surface area (Å²) in [5.41, 5.74) is 9.34. The minimum Gasteiger partial charge on any atom is -0.319 e. The van der Waals surface area contributed by atoms with E-state index in [1.807, 2.05) is 48.7 Å². The predicted molar refractivity (Wildman–Crippen MR) is 85.4 cm³/mol. The number of aryl methyl sites for hydroxylation is 1. The van der Waals surface area contributed by atoms with Crippen molar-refractivity contribution in [3.8, 4) is 11.3 Å². The molecule has 21 heavy (non-hydrogen) atoms. The molecule has 0 aliphatic carbocycles. The first-order valence-corrected chi connectivity index (χ1v) is 7.49. The lowest BCUT2D eigenvalue weighted by molar-refractivity contribution is 0.842. The molecule has 0 amide bonds. The molecule has 0 saturated carbocycles. The van der Waals surface area contributed by atoms with Crippen molar-refractivity contribution in [2.24, 2.45) is 5.73 Å². The molecule has 2 heterocycles. The third-order valence-corrected chi connectivity index (χ3v) is 4.32. The molecule has 4 nitrogen and oxygen atoms in total. The van der Waals surface area contributed by atoms with Gasteiger partial charge in [0, 0.05) is 16.0 Å². The van der Waals surface area contributed by atoms with Crippen molar-refractivity contribution in [3.05, 3.63) is 74.2 Å². The Balaban J connectivity index is 2.04. The van der Waals surface area contributed by atoms with E-state index in [-0.39, 0.29) is 5.56 Å². The molecule has 0 fully saturated rings. The van der Waals surface area contributed by atoms with E-state index in [4.69, 9.17) is 5.73 Å². The van der Waals surface area contributed by atoms with Gasteiger partial charge in [-0.15, -0.1) is 11.3 Å². The molecule has 1 aromatic carbocycles.